The molecule has 1 saturated carbocycles. The van der Waals surface area contributed by atoms with Crippen LogP contribution in [0.15, 0.2) is 10.3 Å². The van der Waals surface area contributed by atoms with Gasteiger partial charge in [-0.05, 0) is 12.8 Å². The van der Waals surface area contributed by atoms with E-state index in [0.29, 0.717) is 31.8 Å². The van der Waals surface area contributed by atoms with E-state index in [-0.39, 0.29) is 13.2 Å². The van der Waals surface area contributed by atoms with Crippen LogP contribution in [0.4, 0.5) is 0 Å². The highest BCUT2D eigenvalue weighted by molar-refractivity contribution is 4.89. The van der Waals surface area contributed by atoms with Gasteiger partial charge in [0.1, 0.15) is 0 Å². The fraction of sp³-hybridized carbons (Fsp3) is 1.00. The number of hydrogen-bond acceptors (Lipinski definition) is 6. The second kappa shape index (κ2) is 6.28. The van der Waals surface area contributed by atoms with Crippen molar-refractivity contribution in [3.63, 3.8) is 0 Å². The van der Waals surface area contributed by atoms with Gasteiger partial charge in [0.25, 0.3) is 0 Å². The summed E-state index contributed by atoms with van der Waals surface area (Å²) in [4.78, 5) is 2.01. The van der Waals surface area contributed by atoms with Crippen LogP contribution in [0.1, 0.15) is 25.7 Å². The van der Waals surface area contributed by atoms with E-state index >= 15 is 0 Å². The Balaban J connectivity index is 1.86. The molecule has 0 aromatic carbocycles. The summed E-state index contributed by atoms with van der Waals surface area (Å²) < 4.78 is 0. The molecule has 0 amide bonds. The third kappa shape index (κ3) is 3.14. The van der Waals surface area contributed by atoms with Crippen molar-refractivity contribution >= 4 is 0 Å². The summed E-state index contributed by atoms with van der Waals surface area (Å²) >= 11 is 0. The molecule has 0 saturated heterocycles. The van der Waals surface area contributed by atoms with Crippen LogP contribution in [-0.4, -0.2) is 65.2 Å². The van der Waals surface area contributed by atoms with Crippen molar-refractivity contribution in [3.05, 3.63) is 0 Å². The number of aliphatic hydroxyl groups is 2. The molecule has 1 aliphatic carbocycles. The lowest BCUT2D eigenvalue weighted by Crippen LogP contribution is -2.45. The molecule has 1 fully saturated rings. The zero-order valence-corrected chi connectivity index (χ0v) is 10.2. The van der Waals surface area contributed by atoms with Crippen LogP contribution >= 0.6 is 0 Å². The van der Waals surface area contributed by atoms with E-state index in [4.69, 9.17) is 10.2 Å². The van der Waals surface area contributed by atoms with E-state index in [1.165, 1.54) is 12.8 Å². The molecule has 2 N–H and O–H groups in total. The molecule has 0 radical (unpaired) electrons. The van der Waals surface area contributed by atoms with E-state index in [1.54, 1.807) is 0 Å². The monoisotopic (exact) mass is 242 g/mol. The molecular formula is C11H22N4O2. The highest BCUT2D eigenvalue weighted by Gasteiger charge is 2.34. The summed E-state index contributed by atoms with van der Waals surface area (Å²) in [6.07, 6.45) is 4.81. The smallest absolute Gasteiger partial charge is 0.0950 e. The maximum atomic E-state index is 8.97. The van der Waals surface area contributed by atoms with Crippen LogP contribution in [0, 0.1) is 0 Å². The normalized spacial score (nSPS) is 27.8. The highest BCUT2D eigenvalue weighted by atomic mass is 16.3. The molecule has 6 nitrogen and oxygen atoms in total. The Labute approximate surface area is 102 Å². The highest BCUT2D eigenvalue weighted by Crippen LogP contribution is 2.30. The van der Waals surface area contributed by atoms with Gasteiger partial charge in [-0.15, -0.1) is 0 Å². The van der Waals surface area contributed by atoms with Gasteiger partial charge in [0.05, 0.1) is 32.0 Å². The van der Waals surface area contributed by atoms with Gasteiger partial charge in [0, 0.05) is 13.1 Å². The lowest BCUT2D eigenvalue weighted by Gasteiger charge is -2.32. The van der Waals surface area contributed by atoms with Gasteiger partial charge in [-0.3, -0.25) is 9.91 Å². The molecule has 0 aromatic heterocycles. The Kier molecular flexibility index (Phi) is 4.70. The topological polar surface area (TPSA) is 71.7 Å². The summed E-state index contributed by atoms with van der Waals surface area (Å²) in [6.45, 7) is 2.03. The predicted molar refractivity (Wildman–Crippen MR) is 63.4 cm³/mol. The van der Waals surface area contributed by atoms with E-state index in [0.717, 1.165) is 12.8 Å². The zero-order valence-electron chi connectivity index (χ0n) is 10.2. The summed E-state index contributed by atoms with van der Waals surface area (Å²) in [7, 11) is 0. The minimum atomic E-state index is 0.110. The van der Waals surface area contributed by atoms with Crippen LogP contribution in [0.5, 0.6) is 0 Å². The number of aliphatic hydroxyl groups excluding tert-OH is 2. The summed E-state index contributed by atoms with van der Waals surface area (Å²) in [6, 6.07) is 0.803. The van der Waals surface area contributed by atoms with Crippen molar-refractivity contribution in [1.29, 1.82) is 0 Å². The summed E-state index contributed by atoms with van der Waals surface area (Å²) in [5.74, 6) is 0. The lowest BCUT2D eigenvalue weighted by atomic mass is 9.91. The van der Waals surface area contributed by atoms with Gasteiger partial charge in [0.15, 0.2) is 0 Å². The Morgan fingerprint density at radius 3 is 2.53 bits per heavy atom. The van der Waals surface area contributed by atoms with E-state index in [1.807, 2.05) is 9.91 Å². The third-order valence-electron chi connectivity index (χ3n) is 3.57. The van der Waals surface area contributed by atoms with Crippen molar-refractivity contribution in [2.75, 3.05) is 33.0 Å². The quantitative estimate of drug-likeness (QED) is 0.699. The Morgan fingerprint density at radius 1 is 1.12 bits per heavy atom. The fourth-order valence-corrected chi connectivity index (χ4v) is 2.65. The molecule has 2 unspecified atom stereocenters. The SMILES string of the molecule is OCCN(CCO)CN1N=NC2CCCCC21. The second-order valence-electron chi connectivity index (χ2n) is 4.77. The molecule has 17 heavy (non-hydrogen) atoms. The maximum Gasteiger partial charge on any atom is 0.0950 e. The Bertz CT molecular complexity index is 256. The van der Waals surface area contributed by atoms with Crippen molar-refractivity contribution in [2.45, 2.75) is 37.8 Å². The maximum absolute atomic E-state index is 8.97. The van der Waals surface area contributed by atoms with Gasteiger partial charge in [-0.2, -0.15) is 5.11 Å². The number of rotatable bonds is 6. The third-order valence-corrected chi connectivity index (χ3v) is 3.57. The molecule has 98 valence electrons. The van der Waals surface area contributed by atoms with Gasteiger partial charge >= 0.3 is 0 Å². The minimum absolute atomic E-state index is 0.110. The number of nitrogens with zero attached hydrogens (tertiary/aromatic N) is 4. The van der Waals surface area contributed by atoms with Gasteiger partial charge < -0.3 is 10.2 Å². The first-order chi connectivity index (χ1) is 8.35. The van der Waals surface area contributed by atoms with Gasteiger partial charge in [-0.1, -0.05) is 18.1 Å². The predicted octanol–water partition coefficient (Wildman–Crippen LogP) is 0.224. The van der Waals surface area contributed by atoms with Crippen LogP contribution in [0.25, 0.3) is 0 Å². The molecule has 0 bridgehead atoms. The molecule has 6 heteroatoms. The molecule has 1 heterocycles. The molecule has 2 rings (SSSR count). The van der Waals surface area contributed by atoms with Crippen molar-refractivity contribution < 1.29 is 10.2 Å². The number of fused-ring (bicyclic) bond motifs is 1. The fourth-order valence-electron chi connectivity index (χ4n) is 2.65. The van der Waals surface area contributed by atoms with Gasteiger partial charge in [-0.25, -0.2) is 0 Å². The van der Waals surface area contributed by atoms with Crippen LogP contribution in [0.2, 0.25) is 0 Å². The summed E-state index contributed by atoms with van der Waals surface area (Å²) in [5.41, 5.74) is 0. The molecule has 2 atom stereocenters. The first-order valence-corrected chi connectivity index (χ1v) is 6.46. The minimum Gasteiger partial charge on any atom is -0.395 e. The largest absolute Gasteiger partial charge is 0.395 e. The number of hydrogen-bond donors (Lipinski definition) is 2. The Hall–Kier alpha value is -0.720. The molecule has 0 aromatic rings. The van der Waals surface area contributed by atoms with Crippen molar-refractivity contribution in [3.8, 4) is 0 Å². The Morgan fingerprint density at radius 2 is 1.82 bits per heavy atom. The summed E-state index contributed by atoms with van der Waals surface area (Å²) in [5, 5.41) is 28.5. The molecule has 2 aliphatic rings. The first kappa shape index (κ1) is 12.7. The van der Waals surface area contributed by atoms with Crippen LogP contribution < -0.4 is 0 Å². The molecule has 0 spiro atoms. The standard InChI is InChI=1S/C11H22N4O2/c16-7-5-14(6-8-17)9-15-11-4-2-1-3-10(11)12-13-15/h10-11,16-17H,1-9H2. The lowest BCUT2D eigenvalue weighted by molar-refractivity contribution is 0.0664. The van der Waals surface area contributed by atoms with E-state index < -0.39 is 0 Å². The van der Waals surface area contributed by atoms with E-state index in [2.05, 4.69) is 10.3 Å². The van der Waals surface area contributed by atoms with E-state index in [9.17, 15) is 0 Å². The van der Waals surface area contributed by atoms with Crippen LogP contribution in [-0.2, 0) is 0 Å². The average molecular weight is 242 g/mol. The van der Waals surface area contributed by atoms with Gasteiger partial charge in [0.2, 0.25) is 0 Å². The first-order valence-electron chi connectivity index (χ1n) is 6.46. The van der Waals surface area contributed by atoms with Crippen LogP contribution in [0.3, 0.4) is 0 Å². The molecule has 1 aliphatic heterocycles. The second-order valence-corrected chi connectivity index (χ2v) is 4.77. The molecular weight excluding hydrogens is 220 g/mol. The van der Waals surface area contributed by atoms with Crippen molar-refractivity contribution in [2.24, 2.45) is 10.3 Å². The zero-order chi connectivity index (χ0) is 12.1. The van der Waals surface area contributed by atoms with Crippen molar-refractivity contribution in [1.82, 2.24) is 9.91 Å². The average Bonchev–Trinajstić information content (AvgIpc) is 2.74.